The maximum absolute atomic E-state index is 11.4. The Bertz CT molecular complexity index is 424. The fraction of sp³-hybridized carbons (Fsp3) is 0.588. The highest BCUT2D eigenvalue weighted by atomic mass is 16.5. The first kappa shape index (κ1) is 17.5. The van der Waals surface area contributed by atoms with Crippen LogP contribution in [0.3, 0.4) is 0 Å². The van der Waals surface area contributed by atoms with Crippen molar-refractivity contribution in [1.29, 1.82) is 0 Å². The summed E-state index contributed by atoms with van der Waals surface area (Å²) in [7, 11) is 0. The topological polar surface area (TPSA) is 49.8 Å². The third-order valence-corrected chi connectivity index (χ3v) is 3.47. The maximum Gasteiger partial charge on any atom is 0.321 e. The Labute approximate surface area is 127 Å². The highest BCUT2D eigenvalue weighted by Crippen LogP contribution is 2.16. The number of carboxylic acids is 1. The van der Waals surface area contributed by atoms with Crippen LogP contribution in [0.1, 0.15) is 33.3 Å². The highest BCUT2D eigenvalue weighted by Gasteiger charge is 2.23. The summed E-state index contributed by atoms with van der Waals surface area (Å²) in [6, 6.07) is 7.27. The number of rotatable bonds is 9. The van der Waals surface area contributed by atoms with Crippen molar-refractivity contribution >= 4 is 5.97 Å². The average molecular weight is 293 g/mol. The van der Waals surface area contributed by atoms with E-state index in [4.69, 9.17) is 4.74 Å². The van der Waals surface area contributed by atoms with Gasteiger partial charge in [-0.15, -0.1) is 0 Å². The summed E-state index contributed by atoms with van der Waals surface area (Å²) in [5.74, 6) is 0.560. The van der Waals surface area contributed by atoms with Gasteiger partial charge in [-0.1, -0.05) is 39.8 Å². The molecule has 1 unspecified atom stereocenters. The Morgan fingerprint density at radius 2 is 1.76 bits per heavy atom. The normalized spacial score (nSPS) is 12.7. The summed E-state index contributed by atoms with van der Waals surface area (Å²) >= 11 is 0. The average Bonchev–Trinajstić information content (AvgIpc) is 2.46. The Morgan fingerprint density at radius 3 is 2.19 bits per heavy atom. The molecule has 4 nitrogen and oxygen atoms in total. The molecule has 21 heavy (non-hydrogen) atoms. The molecule has 0 aliphatic carbocycles. The van der Waals surface area contributed by atoms with E-state index in [0.29, 0.717) is 18.9 Å². The van der Waals surface area contributed by atoms with Crippen LogP contribution in [-0.4, -0.2) is 41.7 Å². The first-order chi connectivity index (χ1) is 9.97. The lowest BCUT2D eigenvalue weighted by atomic mass is 10.0. The molecule has 0 aliphatic rings. The number of nitrogens with zero attached hydrogens (tertiary/aromatic N) is 1. The minimum atomic E-state index is -0.765. The first-order valence-electron chi connectivity index (χ1n) is 7.66. The highest BCUT2D eigenvalue weighted by molar-refractivity contribution is 5.74. The molecule has 0 fully saturated rings. The van der Waals surface area contributed by atoms with Gasteiger partial charge in [0.25, 0.3) is 0 Å². The van der Waals surface area contributed by atoms with Crippen LogP contribution in [0.4, 0.5) is 0 Å². The minimum Gasteiger partial charge on any atom is -0.493 e. The zero-order chi connectivity index (χ0) is 15.8. The fourth-order valence-electron chi connectivity index (χ4n) is 2.24. The lowest BCUT2D eigenvalue weighted by molar-refractivity contribution is -0.143. The molecule has 1 N–H and O–H groups in total. The quantitative estimate of drug-likeness (QED) is 0.760. The van der Waals surface area contributed by atoms with E-state index in [-0.39, 0.29) is 0 Å². The summed E-state index contributed by atoms with van der Waals surface area (Å²) in [5.41, 5.74) is 1.02. The molecule has 0 heterocycles. The SMILES string of the molecule is CCN(CC)C(Cc1ccc(OCC(C)C)cc1)C(=O)O. The van der Waals surface area contributed by atoms with Gasteiger partial charge in [-0.05, 0) is 43.1 Å². The van der Waals surface area contributed by atoms with Crippen molar-refractivity contribution in [3.8, 4) is 5.75 Å². The van der Waals surface area contributed by atoms with Crippen LogP contribution in [0.2, 0.25) is 0 Å². The minimum absolute atomic E-state index is 0.470. The molecular formula is C17H27NO3. The summed E-state index contributed by atoms with van der Waals surface area (Å²) in [6.07, 6.45) is 0.515. The molecule has 118 valence electrons. The van der Waals surface area contributed by atoms with Crippen LogP contribution < -0.4 is 4.74 Å². The van der Waals surface area contributed by atoms with Gasteiger partial charge in [0.1, 0.15) is 11.8 Å². The lowest BCUT2D eigenvalue weighted by Gasteiger charge is -2.26. The molecule has 0 spiro atoms. The molecular weight excluding hydrogens is 266 g/mol. The van der Waals surface area contributed by atoms with E-state index in [1.807, 2.05) is 43.0 Å². The van der Waals surface area contributed by atoms with Crippen molar-refractivity contribution in [1.82, 2.24) is 4.90 Å². The van der Waals surface area contributed by atoms with Gasteiger partial charge in [0, 0.05) is 0 Å². The van der Waals surface area contributed by atoms with E-state index in [1.54, 1.807) is 0 Å². The summed E-state index contributed by atoms with van der Waals surface area (Å²) in [6.45, 7) is 10.4. The molecule has 1 atom stereocenters. The molecule has 1 aromatic carbocycles. The molecule has 0 aliphatic heterocycles. The third kappa shape index (κ3) is 5.76. The van der Waals surface area contributed by atoms with Gasteiger partial charge >= 0.3 is 5.97 Å². The van der Waals surface area contributed by atoms with E-state index in [1.165, 1.54) is 0 Å². The number of benzene rings is 1. The number of carbonyl (C=O) groups is 1. The molecule has 0 amide bonds. The smallest absolute Gasteiger partial charge is 0.321 e. The third-order valence-electron chi connectivity index (χ3n) is 3.47. The van der Waals surface area contributed by atoms with Gasteiger partial charge in [0.15, 0.2) is 0 Å². The molecule has 4 heteroatoms. The van der Waals surface area contributed by atoms with Crippen molar-refractivity contribution < 1.29 is 14.6 Å². The van der Waals surface area contributed by atoms with Crippen LogP contribution in [0, 0.1) is 5.92 Å². The molecule has 1 aromatic rings. The van der Waals surface area contributed by atoms with Crippen molar-refractivity contribution in [3.05, 3.63) is 29.8 Å². The van der Waals surface area contributed by atoms with Crippen LogP contribution in [-0.2, 0) is 11.2 Å². The molecule has 0 saturated heterocycles. The van der Waals surface area contributed by atoms with E-state index >= 15 is 0 Å². The Hall–Kier alpha value is -1.55. The van der Waals surface area contributed by atoms with Crippen molar-refractivity contribution in [2.45, 2.75) is 40.2 Å². The molecule has 0 bridgehead atoms. The van der Waals surface area contributed by atoms with E-state index < -0.39 is 12.0 Å². The van der Waals surface area contributed by atoms with Crippen LogP contribution >= 0.6 is 0 Å². The second kappa shape index (κ2) is 8.67. The molecule has 0 radical (unpaired) electrons. The van der Waals surface area contributed by atoms with E-state index in [9.17, 15) is 9.90 Å². The fourth-order valence-corrected chi connectivity index (χ4v) is 2.24. The second-order valence-electron chi connectivity index (χ2n) is 5.63. The van der Waals surface area contributed by atoms with Crippen LogP contribution in [0.5, 0.6) is 5.75 Å². The van der Waals surface area contributed by atoms with Crippen molar-refractivity contribution in [2.24, 2.45) is 5.92 Å². The first-order valence-corrected chi connectivity index (χ1v) is 7.66. The predicted molar refractivity (Wildman–Crippen MR) is 84.8 cm³/mol. The molecule has 1 rings (SSSR count). The van der Waals surface area contributed by atoms with Crippen LogP contribution in [0.25, 0.3) is 0 Å². The van der Waals surface area contributed by atoms with Crippen molar-refractivity contribution in [2.75, 3.05) is 19.7 Å². The van der Waals surface area contributed by atoms with Gasteiger partial charge in [0.2, 0.25) is 0 Å². The maximum atomic E-state index is 11.4. The Kier molecular flexibility index (Phi) is 7.23. The zero-order valence-electron chi connectivity index (χ0n) is 13.5. The van der Waals surface area contributed by atoms with Gasteiger partial charge in [0.05, 0.1) is 6.61 Å². The number of aliphatic carboxylic acids is 1. The number of ether oxygens (including phenoxy) is 1. The van der Waals surface area contributed by atoms with Gasteiger partial charge in [-0.2, -0.15) is 0 Å². The second-order valence-corrected chi connectivity index (χ2v) is 5.63. The Balaban J connectivity index is 2.70. The number of hydrogen-bond acceptors (Lipinski definition) is 3. The summed E-state index contributed by atoms with van der Waals surface area (Å²) < 4.78 is 5.64. The summed E-state index contributed by atoms with van der Waals surface area (Å²) in [4.78, 5) is 13.4. The zero-order valence-corrected chi connectivity index (χ0v) is 13.5. The van der Waals surface area contributed by atoms with Gasteiger partial charge in [-0.25, -0.2) is 0 Å². The number of hydrogen-bond donors (Lipinski definition) is 1. The largest absolute Gasteiger partial charge is 0.493 e. The number of carboxylic acid groups (broad SMARTS) is 1. The standard InChI is InChI=1S/C17H27NO3/c1-5-18(6-2)16(17(19)20)11-14-7-9-15(10-8-14)21-12-13(3)4/h7-10,13,16H,5-6,11-12H2,1-4H3,(H,19,20). The van der Waals surface area contributed by atoms with Crippen molar-refractivity contribution in [3.63, 3.8) is 0 Å². The van der Waals surface area contributed by atoms with Gasteiger partial charge < -0.3 is 9.84 Å². The summed E-state index contributed by atoms with van der Waals surface area (Å²) in [5, 5.41) is 9.40. The van der Waals surface area contributed by atoms with Gasteiger partial charge in [-0.3, -0.25) is 9.69 Å². The Morgan fingerprint density at radius 1 is 1.19 bits per heavy atom. The molecule has 0 aromatic heterocycles. The van der Waals surface area contributed by atoms with E-state index in [2.05, 4.69) is 13.8 Å². The van der Waals surface area contributed by atoms with E-state index in [0.717, 1.165) is 24.4 Å². The number of likely N-dealkylation sites (N-methyl/N-ethyl adjacent to an activating group) is 1. The monoisotopic (exact) mass is 293 g/mol. The molecule has 0 saturated carbocycles. The van der Waals surface area contributed by atoms with Crippen LogP contribution in [0.15, 0.2) is 24.3 Å². The lowest BCUT2D eigenvalue weighted by Crippen LogP contribution is -2.42. The predicted octanol–water partition coefficient (Wildman–Crippen LogP) is 3.06.